The van der Waals surface area contributed by atoms with E-state index in [0.717, 1.165) is 16.8 Å². The van der Waals surface area contributed by atoms with Crippen molar-refractivity contribution in [2.75, 3.05) is 12.3 Å². The topological polar surface area (TPSA) is 52.3 Å². The normalized spacial score (nSPS) is 9.38. The van der Waals surface area contributed by atoms with Gasteiger partial charge in [-0.15, -0.1) is 12.4 Å². The Balaban J connectivity index is 0.00000225. The molecule has 0 bridgehead atoms. The van der Waals surface area contributed by atoms with Gasteiger partial charge in [-0.1, -0.05) is 12.1 Å². The van der Waals surface area contributed by atoms with Crippen molar-refractivity contribution in [1.82, 2.24) is 0 Å². The highest BCUT2D eigenvalue weighted by Gasteiger charge is 2.05. The minimum atomic E-state index is -0.153. The second-order valence-electron chi connectivity index (χ2n) is 3.44. The number of ether oxygens (including phenoxy) is 1. The molecule has 1 aromatic carbocycles. The number of halogens is 1. The lowest BCUT2D eigenvalue weighted by Crippen LogP contribution is -2.06. The molecule has 0 saturated carbocycles. The lowest BCUT2D eigenvalue weighted by atomic mass is 10.0. The van der Waals surface area contributed by atoms with Gasteiger partial charge in [0.1, 0.15) is 0 Å². The molecule has 16 heavy (non-hydrogen) atoms. The van der Waals surface area contributed by atoms with Gasteiger partial charge < -0.3 is 10.5 Å². The summed E-state index contributed by atoms with van der Waals surface area (Å²) in [7, 11) is 0. The molecule has 0 aliphatic heterocycles. The highest BCUT2D eigenvalue weighted by molar-refractivity contribution is 5.85. The van der Waals surface area contributed by atoms with Crippen molar-refractivity contribution in [3.8, 4) is 0 Å². The van der Waals surface area contributed by atoms with E-state index < -0.39 is 0 Å². The Morgan fingerprint density at radius 1 is 1.44 bits per heavy atom. The zero-order valence-corrected chi connectivity index (χ0v) is 10.5. The van der Waals surface area contributed by atoms with Crippen LogP contribution in [0.4, 0.5) is 5.69 Å². The van der Waals surface area contributed by atoms with E-state index in [-0.39, 0.29) is 18.4 Å². The van der Waals surface area contributed by atoms with E-state index >= 15 is 0 Å². The maximum Gasteiger partial charge on any atom is 0.306 e. The number of carbonyl (C=O) groups excluding carboxylic acids is 1. The summed E-state index contributed by atoms with van der Waals surface area (Å²) in [6.45, 7) is 4.22. The van der Waals surface area contributed by atoms with Crippen molar-refractivity contribution < 1.29 is 9.53 Å². The number of hydrogen-bond donors (Lipinski definition) is 1. The van der Waals surface area contributed by atoms with Crippen molar-refractivity contribution in [2.45, 2.75) is 26.7 Å². The van der Waals surface area contributed by atoms with Crippen LogP contribution < -0.4 is 5.73 Å². The number of anilines is 1. The Morgan fingerprint density at radius 2 is 2.12 bits per heavy atom. The Kier molecular flexibility index (Phi) is 6.58. The minimum absolute atomic E-state index is 0. The van der Waals surface area contributed by atoms with Crippen LogP contribution in [-0.2, 0) is 16.0 Å². The number of benzene rings is 1. The van der Waals surface area contributed by atoms with Gasteiger partial charge in [-0.25, -0.2) is 0 Å². The summed E-state index contributed by atoms with van der Waals surface area (Å²) in [4.78, 5) is 11.2. The van der Waals surface area contributed by atoms with Gasteiger partial charge >= 0.3 is 5.97 Å². The van der Waals surface area contributed by atoms with Crippen molar-refractivity contribution in [1.29, 1.82) is 0 Å². The van der Waals surface area contributed by atoms with E-state index in [1.54, 1.807) is 0 Å². The number of nitrogens with two attached hydrogens (primary N) is 1. The molecule has 2 N–H and O–H groups in total. The number of nitrogen functional groups attached to an aromatic ring is 1. The fourth-order valence-corrected chi connectivity index (χ4v) is 1.44. The van der Waals surface area contributed by atoms with Crippen LogP contribution in [0.5, 0.6) is 0 Å². The molecule has 90 valence electrons. The first-order valence-electron chi connectivity index (χ1n) is 5.14. The molecular formula is C12H18ClNO2. The van der Waals surface area contributed by atoms with Gasteiger partial charge in [0.25, 0.3) is 0 Å². The van der Waals surface area contributed by atoms with Crippen LogP contribution in [0.25, 0.3) is 0 Å². The maximum absolute atomic E-state index is 11.2. The molecule has 0 heterocycles. The van der Waals surface area contributed by atoms with Gasteiger partial charge in [0.2, 0.25) is 0 Å². The molecule has 0 saturated heterocycles. The molecular weight excluding hydrogens is 226 g/mol. The molecule has 0 radical (unpaired) electrons. The summed E-state index contributed by atoms with van der Waals surface area (Å²) in [5.41, 5.74) is 8.72. The summed E-state index contributed by atoms with van der Waals surface area (Å²) in [5.74, 6) is -0.153. The summed E-state index contributed by atoms with van der Waals surface area (Å²) >= 11 is 0. The maximum atomic E-state index is 11.2. The zero-order chi connectivity index (χ0) is 11.3. The van der Waals surface area contributed by atoms with E-state index in [1.165, 1.54) is 0 Å². The van der Waals surface area contributed by atoms with E-state index in [1.807, 2.05) is 32.0 Å². The second kappa shape index (κ2) is 7.12. The van der Waals surface area contributed by atoms with E-state index in [9.17, 15) is 4.79 Å². The molecule has 0 unspecified atom stereocenters. The standard InChI is InChI=1S/C12H17NO2.ClH/c1-3-15-12(14)8-7-10-5-4-6-11(13)9(10)2;/h4-6H,3,7-8,13H2,1-2H3;1H. The lowest BCUT2D eigenvalue weighted by molar-refractivity contribution is -0.143. The van der Waals surface area contributed by atoms with Gasteiger partial charge in [-0.05, 0) is 37.5 Å². The van der Waals surface area contributed by atoms with E-state index in [2.05, 4.69) is 0 Å². The predicted octanol–water partition coefficient (Wildman–Crippen LogP) is 2.49. The van der Waals surface area contributed by atoms with Crippen molar-refractivity contribution in [2.24, 2.45) is 0 Å². The van der Waals surface area contributed by atoms with Gasteiger partial charge in [0.15, 0.2) is 0 Å². The molecule has 0 aliphatic rings. The number of rotatable bonds is 4. The first kappa shape index (κ1) is 14.8. The highest BCUT2D eigenvalue weighted by atomic mass is 35.5. The molecule has 0 spiro atoms. The predicted molar refractivity (Wildman–Crippen MR) is 67.8 cm³/mol. The van der Waals surface area contributed by atoms with Crippen LogP contribution in [0.1, 0.15) is 24.5 Å². The summed E-state index contributed by atoms with van der Waals surface area (Å²) < 4.78 is 4.86. The van der Waals surface area contributed by atoms with Crippen LogP contribution in [-0.4, -0.2) is 12.6 Å². The number of hydrogen-bond acceptors (Lipinski definition) is 3. The van der Waals surface area contributed by atoms with Gasteiger partial charge in [-0.2, -0.15) is 0 Å². The Bertz CT molecular complexity index is 353. The third-order valence-corrected chi connectivity index (χ3v) is 2.39. The minimum Gasteiger partial charge on any atom is -0.466 e. The quantitative estimate of drug-likeness (QED) is 0.653. The molecule has 1 rings (SSSR count). The Labute approximate surface area is 102 Å². The van der Waals surface area contributed by atoms with Gasteiger partial charge in [0, 0.05) is 12.1 Å². The second-order valence-corrected chi connectivity index (χ2v) is 3.44. The summed E-state index contributed by atoms with van der Waals surface area (Å²) in [6, 6.07) is 5.76. The highest BCUT2D eigenvalue weighted by Crippen LogP contribution is 2.16. The smallest absolute Gasteiger partial charge is 0.306 e. The molecule has 0 atom stereocenters. The fourth-order valence-electron chi connectivity index (χ4n) is 1.44. The number of esters is 1. The van der Waals surface area contributed by atoms with Crippen LogP contribution in [0.3, 0.4) is 0 Å². The van der Waals surface area contributed by atoms with Gasteiger partial charge in [0.05, 0.1) is 6.61 Å². The number of carbonyl (C=O) groups is 1. The molecule has 0 amide bonds. The first-order valence-corrected chi connectivity index (χ1v) is 5.14. The van der Waals surface area contributed by atoms with Crippen LogP contribution in [0, 0.1) is 6.92 Å². The van der Waals surface area contributed by atoms with Crippen molar-refractivity contribution >= 4 is 24.1 Å². The van der Waals surface area contributed by atoms with Crippen LogP contribution in [0.15, 0.2) is 18.2 Å². The average molecular weight is 244 g/mol. The van der Waals surface area contributed by atoms with Crippen molar-refractivity contribution in [3.05, 3.63) is 29.3 Å². The molecule has 1 aromatic rings. The molecule has 0 fully saturated rings. The van der Waals surface area contributed by atoms with Crippen LogP contribution in [0.2, 0.25) is 0 Å². The molecule has 0 aromatic heterocycles. The largest absolute Gasteiger partial charge is 0.466 e. The third-order valence-electron chi connectivity index (χ3n) is 2.39. The first-order chi connectivity index (χ1) is 7.15. The number of aryl methyl sites for hydroxylation is 1. The fraction of sp³-hybridized carbons (Fsp3) is 0.417. The Morgan fingerprint density at radius 3 is 2.75 bits per heavy atom. The monoisotopic (exact) mass is 243 g/mol. The Hall–Kier alpha value is -1.22. The zero-order valence-electron chi connectivity index (χ0n) is 9.66. The molecule has 4 heteroatoms. The lowest BCUT2D eigenvalue weighted by Gasteiger charge is -2.07. The van der Waals surface area contributed by atoms with E-state index in [0.29, 0.717) is 19.4 Å². The van der Waals surface area contributed by atoms with Crippen molar-refractivity contribution in [3.63, 3.8) is 0 Å². The summed E-state index contributed by atoms with van der Waals surface area (Å²) in [5, 5.41) is 0. The van der Waals surface area contributed by atoms with Gasteiger partial charge in [-0.3, -0.25) is 4.79 Å². The summed E-state index contributed by atoms with van der Waals surface area (Å²) in [6.07, 6.45) is 1.10. The molecule has 0 aliphatic carbocycles. The molecule has 3 nitrogen and oxygen atoms in total. The third kappa shape index (κ3) is 4.11. The van der Waals surface area contributed by atoms with Crippen LogP contribution >= 0.6 is 12.4 Å². The SMILES string of the molecule is CCOC(=O)CCc1cccc(N)c1C.Cl. The average Bonchev–Trinajstić information content (AvgIpc) is 2.21. The van der Waals surface area contributed by atoms with E-state index in [4.69, 9.17) is 10.5 Å².